The second kappa shape index (κ2) is 6.00. The Morgan fingerprint density at radius 3 is 2.82 bits per heavy atom. The number of carbonyl (C=O) groups excluding carboxylic acids is 2. The average molecular weight is 240 g/mol. The third kappa shape index (κ3) is 3.28. The first-order valence-electron chi connectivity index (χ1n) is 5.32. The molecule has 17 heavy (non-hydrogen) atoms. The topological polar surface area (TPSA) is 110 Å². The smallest absolute Gasteiger partial charge is 0.343 e. The summed E-state index contributed by atoms with van der Waals surface area (Å²) in [7, 11) is 0. The van der Waals surface area contributed by atoms with Gasteiger partial charge in [0.15, 0.2) is 5.82 Å². The quantitative estimate of drug-likeness (QED) is 0.636. The lowest BCUT2D eigenvalue weighted by Crippen LogP contribution is -2.18. The number of carbonyl (C=O) groups is 2. The van der Waals surface area contributed by atoms with Crippen molar-refractivity contribution >= 4 is 17.7 Å². The molecule has 7 heteroatoms. The number of rotatable bonds is 5. The SMILES string of the molecule is CCOC(=O)c1c(NC(=O)CCN)n[nH]c1C. The molecule has 0 aliphatic rings. The molecule has 7 nitrogen and oxygen atoms in total. The normalized spacial score (nSPS) is 10.1. The van der Waals surface area contributed by atoms with Gasteiger partial charge >= 0.3 is 5.97 Å². The van der Waals surface area contributed by atoms with Gasteiger partial charge in [-0.2, -0.15) is 5.10 Å². The predicted molar refractivity (Wildman–Crippen MR) is 61.6 cm³/mol. The highest BCUT2D eigenvalue weighted by Gasteiger charge is 2.20. The summed E-state index contributed by atoms with van der Waals surface area (Å²) in [6, 6.07) is 0. The van der Waals surface area contributed by atoms with Crippen LogP contribution in [0, 0.1) is 6.92 Å². The third-order valence-electron chi connectivity index (χ3n) is 2.06. The Morgan fingerprint density at radius 2 is 2.24 bits per heavy atom. The van der Waals surface area contributed by atoms with Crippen LogP contribution in [0.1, 0.15) is 29.4 Å². The summed E-state index contributed by atoms with van der Waals surface area (Å²) < 4.78 is 4.87. The van der Waals surface area contributed by atoms with Crippen LogP contribution in [0.25, 0.3) is 0 Å². The Bertz CT molecular complexity index is 414. The van der Waals surface area contributed by atoms with Crippen LogP contribution in [-0.2, 0) is 9.53 Å². The highest BCUT2D eigenvalue weighted by Crippen LogP contribution is 2.17. The fourth-order valence-corrected chi connectivity index (χ4v) is 1.30. The van der Waals surface area contributed by atoms with Gasteiger partial charge in [0.05, 0.1) is 6.61 Å². The number of aryl methyl sites for hydroxylation is 1. The summed E-state index contributed by atoms with van der Waals surface area (Å²) in [6.07, 6.45) is 0.175. The van der Waals surface area contributed by atoms with E-state index in [2.05, 4.69) is 15.5 Å². The van der Waals surface area contributed by atoms with E-state index in [9.17, 15) is 9.59 Å². The molecule has 1 amide bonds. The van der Waals surface area contributed by atoms with E-state index in [1.165, 1.54) is 0 Å². The first-order chi connectivity index (χ1) is 8.10. The molecule has 1 heterocycles. The average Bonchev–Trinajstić information content (AvgIpc) is 2.60. The second-order valence-electron chi connectivity index (χ2n) is 3.38. The van der Waals surface area contributed by atoms with E-state index in [-0.39, 0.29) is 36.9 Å². The van der Waals surface area contributed by atoms with Gasteiger partial charge in [-0.1, -0.05) is 0 Å². The van der Waals surface area contributed by atoms with Crippen molar-refractivity contribution in [2.75, 3.05) is 18.5 Å². The van der Waals surface area contributed by atoms with Crippen molar-refractivity contribution in [1.82, 2.24) is 10.2 Å². The fourth-order valence-electron chi connectivity index (χ4n) is 1.30. The van der Waals surface area contributed by atoms with Gasteiger partial charge < -0.3 is 15.8 Å². The summed E-state index contributed by atoms with van der Waals surface area (Å²) >= 11 is 0. The Balaban J connectivity index is 2.86. The largest absolute Gasteiger partial charge is 0.462 e. The number of hydrogen-bond donors (Lipinski definition) is 3. The van der Waals surface area contributed by atoms with Gasteiger partial charge in [-0.3, -0.25) is 9.89 Å². The number of aromatic amines is 1. The number of ether oxygens (including phenoxy) is 1. The summed E-state index contributed by atoms with van der Waals surface area (Å²) in [5, 5.41) is 8.98. The van der Waals surface area contributed by atoms with E-state index >= 15 is 0 Å². The van der Waals surface area contributed by atoms with Gasteiger partial charge in [0.2, 0.25) is 5.91 Å². The molecule has 0 saturated heterocycles. The van der Waals surface area contributed by atoms with E-state index in [4.69, 9.17) is 10.5 Å². The predicted octanol–water partition coefficient (Wildman–Crippen LogP) is 0.182. The molecule has 0 radical (unpaired) electrons. The number of nitrogens with one attached hydrogen (secondary N) is 2. The lowest BCUT2D eigenvalue weighted by atomic mass is 10.2. The van der Waals surface area contributed by atoms with Crippen LogP contribution in [0.5, 0.6) is 0 Å². The highest BCUT2D eigenvalue weighted by atomic mass is 16.5. The van der Waals surface area contributed by atoms with Crippen molar-refractivity contribution in [1.29, 1.82) is 0 Å². The van der Waals surface area contributed by atoms with Gasteiger partial charge in [0, 0.05) is 18.7 Å². The zero-order valence-corrected chi connectivity index (χ0v) is 9.87. The number of nitrogens with two attached hydrogens (primary N) is 1. The van der Waals surface area contributed by atoms with Crippen molar-refractivity contribution in [2.24, 2.45) is 5.73 Å². The van der Waals surface area contributed by atoms with E-state index < -0.39 is 5.97 Å². The first-order valence-corrected chi connectivity index (χ1v) is 5.32. The molecule has 94 valence electrons. The molecule has 1 aromatic heterocycles. The zero-order valence-electron chi connectivity index (χ0n) is 9.87. The van der Waals surface area contributed by atoms with Gasteiger partial charge in [0.1, 0.15) is 5.56 Å². The number of hydrogen-bond acceptors (Lipinski definition) is 5. The van der Waals surface area contributed by atoms with Gasteiger partial charge in [0.25, 0.3) is 0 Å². The molecule has 1 rings (SSSR count). The van der Waals surface area contributed by atoms with Gasteiger partial charge in [-0.25, -0.2) is 4.79 Å². The first kappa shape index (κ1) is 13.2. The van der Waals surface area contributed by atoms with Crippen LogP contribution >= 0.6 is 0 Å². The Morgan fingerprint density at radius 1 is 1.53 bits per heavy atom. The van der Waals surface area contributed by atoms with E-state index in [1.54, 1.807) is 13.8 Å². The molecule has 0 saturated carbocycles. The molecule has 0 unspecified atom stereocenters. The van der Waals surface area contributed by atoms with Crippen LogP contribution in [0.3, 0.4) is 0 Å². The fraction of sp³-hybridized carbons (Fsp3) is 0.500. The lowest BCUT2D eigenvalue weighted by Gasteiger charge is -2.04. The molecule has 0 aromatic carbocycles. The minimum atomic E-state index is -0.512. The Kier molecular flexibility index (Phi) is 4.65. The van der Waals surface area contributed by atoms with Crippen molar-refractivity contribution < 1.29 is 14.3 Å². The second-order valence-corrected chi connectivity index (χ2v) is 3.38. The number of anilines is 1. The van der Waals surface area contributed by atoms with Gasteiger partial charge in [-0.15, -0.1) is 0 Å². The number of nitrogens with zero attached hydrogens (tertiary/aromatic N) is 1. The zero-order chi connectivity index (χ0) is 12.8. The molecular formula is C10H16N4O3. The number of aromatic nitrogens is 2. The maximum absolute atomic E-state index is 11.6. The van der Waals surface area contributed by atoms with Crippen LogP contribution in [0.15, 0.2) is 0 Å². The van der Waals surface area contributed by atoms with Crippen LogP contribution in [-0.4, -0.2) is 35.2 Å². The molecule has 0 aliphatic carbocycles. The summed E-state index contributed by atoms with van der Waals surface area (Å²) in [5.74, 6) is -0.620. The third-order valence-corrected chi connectivity index (χ3v) is 2.06. The molecule has 0 bridgehead atoms. The number of amides is 1. The van der Waals surface area contributed by atoms with Crippen molar-refractivity contribution in [3.8, 4) is 0 Å². The molecule has 0 spiro atoms. The maximum Gasteiger partial charge on any atom is 0.343 e. The molecular weight excluding hydrogens is 224 g/mol. The minimum Gasteiger partial charge on any atom is -0.462 e. The van der Waals surface area contributed by atoms with Crippen molar-refractivity contribution in [3.63, 3.8) is 0 Å². The van der Waals surface area contributed by atoms with Crippen LogP contribution in [0.4, 0.5) is 5.82 Å². The van der Waals surface area contributed by atoms with Crippen molar-refractivity contribution in [3.05, 3.63) is 11.3 Å². The minimum absolute atomic E-state index is 0.175. The summed E-state index contributed by atoms with van der Waals surface area (Å²) in [6.45, 7) is 3.89. The molecule has 4 N–H and O–H groups in total. The maximum atomic E-state index is 11.6. The van der Waals surface area contributed by atoms with Crippen LogP contribution < -0.4 is 11.1 Å². The van der Waals surface area contributed by atoms with Gasteiger partial charge in [-0.05, 0) is 13.8 Å². The van der Waals surface area contributed by atoms with E-state index in [0.717, 1.165) is 0 Å². The molecule has 0 atom stereocenters. The monoisotopic (exact) mass is 240 g/mol. The summed E-state index contributed by atoms with van der Waals surface area (Å²) in [5.41, 5.74) is 6.05. The Labute approximate surface area is 98.7 Å². The standard InChI is InChI=1S/C10H16N4O3/c1-3-17-10(16)8-6(2)13-14-9(8)12-7(15)4-5-11/h3-5,11H2,1-2H3,(H2,12,13,14,15). The Hall–Kier alpha value is -1.89. The number of H-pyrrole nitrogens is 1. The molecule has 0 fully saturated rings. The van der Waals surface area contributed by atoms with E-state index in [0.29, 0.717) is 5.69 Å². The lowest BCUT2D eigenvalue weighted by molar-refractivity contribution is -0.116. The number of esters is 1. The molecule has 1 aromatic rings. The molecule has 0 aliphatic heterocycles. The van der Waals surface area contributed by atoms with Crippen LogP contribution in [0.2, 0.25) is 0 Å². The van der Waals surface area contributed by atoms with Crippen molar-refractivity contribution in [2.45, 2.75) is 20.3 Å². The highest BCUT2D eigenvalue weighted by molar-refractivity contribution is 6.00. The van der Waals surface area contributed by atoms with E-state index in [1.807, 2.05) is 0 Å². The summed E-state index contributed by atoms with van der Waals surface area (Å²) in [4.78, 5) is 23.0.